The summed E-state index contributed by atoms with van der Waals surface area (Å²) in [5.74, 6) is -0.255. The molecule has 0 unspecified atom stereocenters. The van der Waals surface area contributed by atoms with Gasteiger partial charge in [-0.3, -0.25) is 0 Å². The maximum absolute atomic E-state index is 13.5. The van der Waals surface area contributed by atoms with E-state index < -0.39 is 0 Å². The topological polar surface area (TPSA) is 48.1 Å². The Kier molecular flexibility index (Phi) is 3.69. The van der Waals surface area contributed by atoms with Crippen LogP contribution in [0.3, 0.4) is 0 Å². The van der Waals surface area contributed by atoms with Crippen molar-refractivity contribution in [3.63, 3.8) is 0 Å². The number of benzene rings is 2. The Labute approximate surface area is 139 Å². The fourth-order valence-corrected chi connectivity index (χ4v) is 3.25. The molecule has 4 nitrogen and oxygen atoms in total. The van der Waals surface area contributed by atoms with E-state index in [1.165, 1.54) is 12.1 Å². The zero-order valence-electron chi connectivity index (χ0n) is 13.2. The summed E-state index contributed by atoms with van der Waals surface area (Å²) in [6.07, 6.45) is 0.754. The fraction of sp³-hybridized carbons (Fsp3) is 0.211. The second-order valence-corrected chi connectivity index (χ2v) is 6.09. The average molecular weight is 323 g/mol. The number of hydrogen-bond acceptors (Lipinski definition) is 1. The van der Waals surface area contributed by atoms with Gasteiger partial charge < -0.3 is 15.2 Å². The van der Waals surface area contributed by atoms with E-state index in [1.807, 2.05) is 30.3 Å². The number of fused-ring (bicyclic) bond motifs is 3. The summed E-state index contributed by atoms with van der Waals surface area (Å²) in [4.78, 5) is 17.6. The van der Waals surface area contributed by atoms with Gasteiger partial charge >= 0.3 is 6.03 Å². The van der Waals surface area contributed by atoms with E-state index in [-0.39, 0.29) is 11.8 Å². The van der Waals surface area contributed by atoms with Crippen molar-refractivity contribution in [3.8, 4) is 0 Å². The molecule has 0 spiro atoms. The molecule has 2 heterocycles. The second kappa shape index (κ2) is 6.00. The maximum Gasteiger partial charge on any atom is 0.317 e. The van der Waals surface area contributed by atoms with E-state index in [4.69, 9.17) is 0 Å². The standard InChI is InChI=1S/C19H18FN3O/c20-14-6-7-17-15(10-14)16-12-23(9-8-18(16)22-17)19(24)21-11-13-4-2-1-3-5-13/h1-7,10,22H,8-9,11-12H2,(H,21,24). The summed E-state index contributed by atoms with van der Waals surface area (Å²) < 4.78 is 13.5. The van der Waals surface area contributed by atoms with E-state index >= 15 is 0 Å². The molecular formula is C19H18FN3O. The molecule has 0 saturated heterocycles. The molecule has 24 heavy (non-hydrogen) atoms. The number of nitrogens with zero attached hydrogens (tertiary/aromatic N) is 1. The monoisotopic (exact) mass is 323 g/mol. The molecule has 0 bridgehead atoms. The molecule has 2 aromatic carbocycles. The highest BCUT2D eigenvalue weighted by molar-refractivity contribution is 5.86. The maximum atomic E-state index is 13.5. The van der Waals surface area contributed by atoms with E-state index in [0.717, 1.165) is 34.1 Å². The summed E-state index contributed by atoms with van der Waals surface area (Å²) >= 11 is 0. The van der Waals surface area contributed by atoms with Gasteiger partial charge in [0.1, 0.15) is 5.82 Å². The van der Waals surface area contributed by atoms with Gasteiger partial charge in [-0.15, -0.1) is 0 Å². The molecule has 2 N–H and O–H groups in total. The van der Waals surface area contributed by atoms with Crippen LogP contribution >= 0.6 is 0 Å². The van der Waals surface area contributed by atoms with Crippen LogP contribution in [0.1, 0.15) is 16.8 Å². The lowest BCUT2D eigenvalue weighted by molar-refractivity contribution is 0.192. The van der Waals surface area contributed by atoms with Gasteiger partial charge in [0.2, 0.25) is 0 Å². The predicted molar refractivity (Wildman–Crippen MR) is 91.0 cm³/mol. The fourth-order valence-electron chi connectivity index (χ4n) is 3.25. The molecule has 0 radical (unpaired) electrons. The van der Waals surface area contributed by atoms with Crippen LogP contribution in [-0.4, -0.2) is 22.5 Å². The molecule has 3 aromatic rings. The van der Waals surface area contributed by atoms with Crippen LogP contribution in [0.2, 0.25) is 0 Å². The molecule has 1 aliphatic rings. The van der Waals surface area contributed by atoms with Gasteiger partial charge in [0.25, 0.3) is 0 Å². The van der Waals surface area contributed by atoms with E-state index in [0.29, 0.717) is 19.6 Å². The first-order valence-electron chi connectivity index (χ1n) is 8.06. The van der Waals surface area contributed by atoms with Crippen LogP contribution in [0.25, 0.3) is 10.9 Å². The molecule has 0 atom stereocenters. The van der Waals surface area contributed by atoms with Crippen LogP contribution in [0.4, 0.5) is 9.18 Å². The lowest BCUT2D eigenvalue weighted by Crippen LogP contribution is -2.42. The van der Waals surface area contributed by atoms with Crippen LogP contribution in [0.5, 0.6) is 0 Å². The zero-order valence-corrected chi connectivity index (χ0v) is 13.2. The Bertz CT molecular complexity index is 888. The molecule has 5 heteroatoms. The highest BCUT2D eigenvalue weighted by Crippen LogP contribution is 2.28. The van der Waals surface area contributed by atoms with Crippen LogP contribution in [-0.2, 0) is 19.5 Å². The van der Waals surface area contributed by atoms with Gasteiger partial charge in [-0.2, -0.15) is 0 Å². The number of H-pyrrole nitrogens is 1. The summed E-state index contributed by atoms with van der Waals surface area (Å²) in [6, 6.07) is 14.5. The molecule has 122 valence electrons. The Morgan fingerprint density at radius 1 is 1.21 bits per heavy atom. The van der Waals surface area contributed by atoms with Crippen molar-refractivity contribution in [2.24, 2.45) is 0 Å². The minimum atomic E-state index is -0.255. The number of aromatic nitrogens is 1. The lowest BCUT2D eigenvalue weighted by atomic mass is 10.0. The largest absolute Gasteiger partial charge is 0.358 e. The first-order valence-corrected chi connectivity index (χ1v) is 8.06. The van der Waals surface area contributed by atoms with Gasteiger partial charge in [-0.25, -0.2) is 9.18 Å². The number of aromatic amines is 1. The quantitative estimate of drug-likeness (QED) is 0.744. The van der Waals surface area contributed by atoms with Crippen molar-refractivity contribution >= 4 is 16.9 Å². The minimum absolute atomic E-state index is 0.0877. The number of carbonyl (C=O) groups is 1. The highest BCUT2D eigenvalue weighted by atomic mass is 19.1. The van der Waals surface area contributed by atoms with Gasteiger partial charge in [0.15, 0.2) is 0 Å². The molecule has 2 amide bonds. The molecule has 0 fully saturated rings. The number of amides is 2. The number of carbonyl (C=O) groups excluding carboxylic acids is 1. The Morgan fingerprint density at radius 3 is 2.88 bits per heavy atom. The van der Waals surface area contributed by atoms with Crippen molar-refractivity contribution in [2.45, 2.75) is 19.5 Å². The number of rotatable bonds is 2. The molecule has 0 aliphatic carbocycles. The second-order valence-electron chi connectivity index (χ2n) is 6.09. The molecular weight excluding hydrogens is 305 g/mol. The van der Waals surface area contributed by atoms with E-state index in [2.05, 4.69) is 10.3 Å². The number of nitrogens with one attached hydrogen (secondary N) is 2. The third kappa shape index (κ3) is 2.73. The van der Waals surface area contributed by atoms with Crippen molar-refractivity contribution < 1.29 is 9.18 Å². The van der Waals surface area contributed by atoms with Crippen LogP contribution in [0, 0.1) is 5.82 Å². The number of hydrogen-bond donors (Lipinski definition) is 2. The van der Waals surface area contributed by atoms with Gasteiger partial charge in [-0.1, -0.05) is 30.3 Å². The van der Waals surface area contributed by atoms with Gasteiger partial charge in [-0.05, 0) is 23.8 Å². The molecule has 1 aromatic heterocycles. The molecule has 1 aliphatic heterocycles. The Hall–Kier alpha value is -2.82. The number of urea groups is 1. The summed E-state index contributed by atoms with van der Waals surface area (Å²) in [5.41, 5.74) is 4.11. The molecule has 0 saturated carbocycles. The summed E-state index contributed by atoms with van der Waals surface area (Å²) in [5, 5.41) is 3.82. The van der Waals surface area contributed by atoms with Crippen LogP contribution < -0.4 is 5.32 Å². The third-order valence-corrected chi connectivity index (χ3v) is 4.51. The molecule has 4 rings (SSSR count). The Morgan fingerprint density at radius 2 is 2.04 bits per heavy atom. The van der Waals surface area contributed by atoms with Crippen LogP contribution in [0.15, 0.2) is 48.5 Å². The van der Waals surface area contributed by atoms with E-state index in [1.54, 1.807) is 11.0 Å². The number of halogens is 1. The predicted octanol–water partition coefficient (Wildman–Crippen LogP) is 3.57. The third-order valence-electron chi connectivity index (χ3n) is 4.51. The minimum Gasteiger partial charge on any atom is -0.358 e. The SMILES string of the molecule is O=C(NCc1ccccc1)N1CCc2[nH]c3ccc(F)cc3c2C1. The van der Waals surface area contributed by atoms with Gasteiger partial charge in [0.05, 0.1) is 0 Å². The van der Waals surface area contributed by atoms with Crippen molar-refractivity contribution in [3.05, 3.63) is 71.2 Å². The Balaban J connectivity index is 1.50. The van der Waals surface area contributed by atoms with Gasteiger partial charge in [0, 0.05) is 48.2 Å². The highest BCUT2D eigenvalue weighted by Gasteiger charge is 2.24. The van der Waals surface area contributed by atoms with Crippen molar-refractivity contribution in [1.29, 1.82) is 0 Å². The zero-order chi connectivity index (χ0) is 16.5. The summed E-state index contributed by atoms with van der Waals surface area (Å²) in [7, 11) is 0. The first kappa shape index (κ1) is 14.8. The van der Waals surface area contributed by atoms with Crippen molar-refractivity contribution in [2.75, 3.05) is 6.54 Å². The first-order chi connectivity index (χ1) is 11.7. The smallest absolute Gasteiger partial charge is 0.317 e. The normalized spacial score (nSPS) is 13.8. The van der Waals surface area contributed by atoms with Crippen molar-refractivity contribution in [1.82, 2.24) is 15.2 Å². The lowest BCUT2D eigenvalue weighted by Gasteiger charge is -2.27. The van der Waals surface area contributed by atoms with E-state index in [9.17, 15) is 9.18 Å². The average Bonchev–Trinajstić information content (AvgIpc) is 2.97. The summed E-state index contributed by atoms with van der Waals surface area (Å²) in [6.45, 7) is 1.66.